The van der Waals surface area contributed by atoms with E-state index in [0.717, 1.165) is 70.6 Å². The number of carbonyl (C=O) groups is 3. The van der Waals surface area contributed by atoms with Crippen LogP contribution in [0.5, 0.6) is 0 Å². The Bertz CT molecular complexity index is 1190. The second-order valence-corrected chi connectivity index (χ2v) is 19.5. The van der Waals surface area contributed by atoms with Crippen LogP contribution in [0.2, 0.25) is 0 Å². The molecule has 0 aliphatic rings. The molecular formula is C45H88O15P2. The molecule has 0 saturated carbocycles. The van der Waals surface area contributed by atoms with Gasteiger partial charge in [-0.1, -0.05) is 175 Å². The van der Waals surface area contributed by atoms with Gasteiger partial charge in [0.2, 0.25) is 0 Å². The molecule has 0 saturated heterocycles. The van der Waals surface area contributed by atoms with E-state index < -0.39 is 84.9 Å². The Balaban J connectivity index is 4.58. The average Bonchev–Trinajstić information content (AvgIpc) is 3.23. The van der Waals surface area contributed by atoms with E-state index in [4.69, 9.17) is 32.3 Å². The van der Waals surface area contributed by atoms with Gasteiger partial charge in [-0.3, -0.25) is 32.5 Å². The number of aliphatic hydroxyl groups is 1. The Kier molecular flexibility index (Phi) is 40.1. The van der Waals surface area contributed by atoms with Gasteiger partial charge in [0.15, 0.2) is 6.10 Å². The van der Waals surface area contributed by atoms with Crippen LogP contribution in [0.1, 0.15) is 220 Å². The van der Waals surface area contributed by atoms with E-state index in [2.05, 4.69) is 20.8 Å². The third kappa shape index (κ3) is 41.3. The number of aliphatic hydroxyl groups excluding tert-OH is 1. The smallest absolute Gasteiger partial charge is 0.462 e. The van der Waals surface area contributed by atoms with Crippen molar-refractivity contribution >= 4 is 33.6 Å². The van der Waals surface area contributed by atoms with E-state index in [9.17, 15) is 38.4 Å². The molecule has 0 aromatic heterocycles. The third-order valence-corrected chi connectivity index (χ3v) is 12.2. The van der Waals surface area contributed by atoms with Crippen LogP contribution in [0, 0.1) is 0 Å². The Labute approximate surface area is 375 Å². The number of rotatable bonds is 46. The normalized spacial score (nSPS) is 15.0. The largest absolute Gasteiger partial charge is 0.472 e. The van der Waals surface area contributed by atoms with Gasteiger partial charge < -0.3 is 29.1 Å². The Morgan fingerprint density at radius 1 is 0.419 bits per heavy atom. The van der Waals surface area contributed by atoms with Crippen molar-refractivity contribution < 1.29 is 70.7 Å². The maximum absolute atomic E-state index is 12.6. The van der Waals surface area contributed by atoms with Crippen molar-refractivity contribution in [3.05, 3.63) is 0 Å². The summed E-state index contributed by atoms with van der Waals surface area (Å²) in [5, 5.41) is 10.2. The fraction of sp³-hybridized carbons (Fsp3) is 0.933. The van der Waals surface area contributed by atoms with Gasteiger partial charge in [0.1, 0.15) is 18.8 Å². The van der Waals surface area contributed by atoms with Gasteiger partial charge in [-0.2, -0.15) is 0 Å². The molecule has 0 aromatic rings. The van der Waals surface area contributed by atoms with Crippen LogP contribution in [0.4, 0.5) is 0 Å². The van der Waals surface area contributed by atoms with Gasteiger partial charge in [0.25, 0.3) is 0 Å². The molecule has 5 atom stereocenters. The van der Waals surface area contributed by atoms with Gasteiger partial charge in [0, 0.05) is 19.3 Å². The molecule has 0 rings (SSSR count). The molecule has 17 heteroatoms. The van der Waals surface area contributed by atoms with Crippen LogP contribution in [0.3, 0.4) is 0 Å². The van der Waals surface area contributed by atoms with Gasteiger partial charge >= 0.3 is 33.6 Å². The molecule has 0 aliphatic heterocycles. The highest BCUT2D eigenvalue weighted by molar-refractivity contribution is 7.47. The highest BCUT2D eigenvalue weighted by Crippen LogP contribution is 2.45. The fourth-order valence-corrected chi connectivity index (χ4v) is 8.16. The molecule has 2 unspecified atom stereocenters. The molecule has 0 radical (unpaired) electrons. The lowest BCUT2D eigenvalue weighted by Gasteiger charge is -2.21. The first-order chi connectivity index (χ1) is 29.7. The lowest BCUT2D eigenvalue weighted by molar-refractivity contribution is -0.161. The zero-order valence-corrected chi connectivity index (χ0v) is 40.9. The average molecular weight is 931 g/mol. The van der Waals surface area contributed by atoms with E-state index in [0.29, 0.717) is 19.3 Å². The minimum absolute atomic E-state index is 0.122. The second kappa shape index (κ2) is 41.1. The Morgan fingerprint density at radius 3 is 1.11 bits per heavy atom. The fourth-order valence-electron chi connectivity index (χ4n) is 6.54. The summed E-state index contributed by atoms with van der Waals surface area (Å²) in [4.78, 5) is 57.5. The van der Waals surface area contributed by atoms with Gasteiger partial charge in [-0.05, 0) is 26.2 Å². The number of hydrogen-bond acceptors (Lipinski definition) is 13. The SMILES string of the molecule is CCCCCCCCCCCCCCC(=O)O[C@H](C)COP(=O)(O)OC[C@@H](O)COP(=O)(O)OC[C@@H](COC(=O)CCCCCCCCCCC)OC(=O)CCCCCCCC. The van der Waals surface area contributed by atoms with Crippen molar-refractivity contribution in [3.63, 3.8) is 0 Å². The molecule has 368 valence electrons. The molecule has 0 heterocycles. The molecular weight excluding hydrogens is 842 g/mol. The number of unbranched alkanes of at least 4 members (excludes halogenated alkanes) is 24. The van der Waals surface area contributed by atoms with Crippen LogP contribution in [-0.2, 0) is 55.8 Å². The molecule has 62 heavy (non-hydrogen) atoms. The quantitative estimate of drug-likeness (QED) is 0.0224. The van der Waals surface area contributed by atoms with Crippen LogP contribution in [0.25, 0.3) is 0 Å². The van der Waals surface area contributed by atoms with Crippen molar-refractivity contribution in [2.75, 3.05) is 33.0 Å². The topological polar surface area (TPSA) is 211 Å². The van der Waals surface area contributed by atoms with Gasteiger partial charge in [0.05, 0.1) is 26.4 Å². The molecule has 0 aromatic carbocycles. The van der Waals surface area contributed by atoms with Crippen LogP contribution in [0.15, 0.2) is 0 Å². The molecule has 0 amide bonds. The van der Waals surface area contributed by atoms with Crippen molar-refractivity contribution in [2.45, 2.75) is 239 Å². The van der Waals surface area contributed by atoms with Crippen molar-refractivity contribution in [3.8, 4) is 0 Å². The minimum Gasteiger partial charge on any atom is -0.462 e. The first-order valence-electron chi connectivity index (χ1n) is 24.2. The maximum Gasteiger partial charge on any atom is 0.472 e. The van der Waals surface area contributed by atoms with Crippen LogP contribution < -0.4 is 0 Å². The zero-order valence-electron chi connectivity index (χ0n) is 39.1. The third-order valence-electron chi connectivity index (χ3n) is 10.3. The summed E-state index contributed by atoms with van der Waals surface area (Å²) in [5.74, 6) is -1.49. The summed E-state index contributed by atoms with van der Waals surface area (Å²) in [5.41, 5.74) is 0. The van der Waals surface area contributed by atoms with E-state index in [1.54, 1.807) is 0 Å². The summed E-state index contributed by atoms with van der Waals surface area (Å²) in [6.45, 7) is 4.91. The molecule has 0 fully saturated rings. The van der Waals surface area contributed by atoms with Gasteiger partial charge in [-0.25, -0.2) is 9.13 Å². The van der Waals surface area contributed by atoms with Crippen molar-refractivity contribution in [1.82, 2.24) is 0 Å². The number of esters is 3. The van der Waals surface area contributed by atoms with Crippen molar-refractivity contribution in [1.29, 1.82) is 0 Å². The summed E-state index contributed by atoms with van der Waals surface area (Å²) in [6, 6.07) is 0. The molecule has 0 spiro atoms. The first kappa shape index (κ1) is 60.6. The monoisotopic (exact) mass is 931 g/mol. The second-order valence-electron chi connectivity index (χ2n) is 16.6. The molecule has 3 N–H and O–H groups in total. The van der Waals surface area contributed by atoms with E-state index >= 15 is 0 Å². The van der Waals surface area contributed by atoms with Gasteiger partial charge in [-0.15, -0.1) is 0 Å². The number of phosphoric ester groups is 2. The van der Waals surface area contributed by atoms with E-state index in [1.807, 2.05) is 0 Å². The molecule has 0 aliphatic carbocycles. The number of ether oxygens (including phenoxy) is 3. The first-order valence-corrected chi connectivity index (χ1v) is 27.2. The van der Waals surface area contributed by atoms with E-state index in [1.165, 1.54) is 90.4 Å². The standard InChI is InChI=1S/C45H88O15P2/c1-5-8-11-14-17-19-20-21-23-25-28-30-33-44(48)59-40(4)35-55-61(50,51)56-36-41(46)37-57-62(52,53)58-39-42(60-45(49)34-31-26-16-13-10-7-3)38-54-43(47)32-29-27-24-22-18-15-12-9-6-2/h40-42,46H,5-39H2,1-4H3,(H,50,51)(H,52,53)/t40-,41-,42-/m1/s1. The van der Waals surface area contributed by atoms with E-state index in [-0.39, 0.29) is 19.3 Å². The summed E-state index contributed by atoms with van der Waals surface area (Å²) < 4.78 is 60.5. The van der Waals surface area contributed by atoms with Crippen molar-refractivity contribution in [2.24, 2.45) is 0 Å². The predicted molar refractivity (Wildman–Crippen MR) is 241 cm³/mol. The lowest BCUT2D eigenvalue weighted by Crippen LogP contribution is -2.30. The number of phosphoric acid groups is 2. The molecule has 0 bridgehead atoms. The number of carbonyl (C=O) groups excluding carboxylic acids is 3. The Hall–Kier alpha value is -1.41. The molecule has 15 nitrogen and oxygen atoms in total. The summed E-state index contributed by atoms with van der Waals surface area (Å²) in [6.07, 6.45) is 26.5. The van der Waals surface area contributed by atoms with Crippen LogP contribution in [-0.4, -0.2) is 84.1 Å². The zero-order chi connectivity index (χ0) is 46.2. The highest BCUT2D eigenvalue weighted by atomic mass is 31.2. The summed E-state index contributed by atoms with van der Waals surface area (Å²) >= 11 is 0. The predicted octanol–water partition coefficient (Wildman–Crippen LogP) is 11.8. The maximum atomic E-state index is 12.6. The van der Waals surface area contributed by atoms with Crippen LogP contribution >= 0.6 is 15.6 Å². The minimum atomic E-state index is -4.85. The number of hydrogen-bond donors (Lipinski definition) is 3. The lowest BCUT2D eigenvalue weighted by atomic mass is 10.0. The highest BCUT2D eigenvalue weighted by Gasteiger charge is 2.29. The summed E-state index contributed by atoms with van der Waals surface area (Å²) in [7, 11) is -9.56. The Morgan fingerprint density at radius 2 is 0.726 bits per heavy atom.